The van der Waals surface area contributed by atoms with E-state index >= 15 is 0 Å². The van der Waals surface area contributed by atoms with E-state index < -0.39 is 0 Å². The average molecular weight is 271 g/mol. The molecule has 1 aliphatic rings. The van der Waals surface area contributed by atoms with Crippen LogP contribution in [0.5, 0.6) is 0 Å². The number of hydrogen-bond donors (Lipinski definition) is 2. The van der Waals surface area contributed by atoms with Gasteiger partial charge in [-0.05, 0) is 26.7 Å². The van der Waals surface area contributed by atoms with Crippen molar-refractivity contribution in [3.8, 4) is 0 Å². The zero-order valence-electron chi connectivity index (χ0n) is 11.9. The fourth-order valence-corrected chi connectivity index (χ4v) is 2.16. The first-order chi connectivity index (χ1) is 9.17. The molecular formula is C13H25N3O3. The molecule has 0 atom stereocenters. The van der Waals surface area contributed by atoms with Crippen LogP contribution < -0.4 is 10.6 Å². The van der Waals surface area contributed by atoms with Crippen molar-refractivity contribution >= 4 is 12.0 Å². The second-order valence-corrected chi connectivity index (χ2v) is 4.62. The first-order valence-electron chi connectivity index (χ1n) is 7.09. The summed E-state index contributed by atoms with van der Waals surface area (Å²) in [5.74, 6) is 0.0824. The molecule has 6 nitrogen and oxygen atoms in total. The highest BCUT2D eigenvalue weighted by atomic mass is 16.6. The van der Waals surface area contributed by atoms with E-state index in [1.54, 1.807) is 4.90 Å². The van der Waals surface area contributed by atoms with Gasteiger partial charge >= 0.3 is 6.09 Å². The number of nitrogens with one attached hydrogen (secondary N) is 2. The molecule has 0 bridgehead atoms. The monoisotopic (exact) mass is 271 g/mol. The molecule has 1 saturated heterocycles. The Morgan fingerprint density at radius 1 is 1.26 bits per heavy atom. The molecule has 1 fully saturated rings. The first-order valence-corrected chi connectivity index (χ1v) is 7.09. The van der Waals surface area contributed by atoms with E-state index in [0.717, 1.165) is 25.9 Å². The van der Waals surface area contributed by atoms with Crippen LogP contribution in [0, 0.1) is 0 Å². The molecule has 0 radical (unpaired) electrons. The Morgan fingerprint density at radius 3 is 2.53 bits per heavy atom. The second-order valence-electron chi connectivity index (χ2n) is 4.62. The number of hydrogen-bond acceptors (Lipinski definition) is 4. The van der Waals surface area contributed by atoms with E-state index in [9.17, 15) is 9.59 Å². The summed E-state index contributed by atoms with van der Waals surface area (Å²) < 4.78 is 4.97. The zero-order chi connectivity index (χ0) is 14.1. The van der Waals surface area contributed by atoms with E-state index in [0.29, 0.717) is 32.2 Å². The average Bonchev–Trinajstić information content (AvgIpc) is 2.40. The van der Waals surface area contributed by atoms with Gasteiger partial charge in [0.2, 0.25) is 5.91 Å². The summed E-state index contributed by atoms with van der Waals surface area (Å²) in [5, 5.41) is 6.13. The maximum atomic E-state index is 11.5. The molecule has 2 amide bonds. The van der Waals surface area contributed by atoms with Gasteiger partial charge in [0, 0.05) is 38.6 Å². The van der Waals surface area contributed by atoms with Crippen LogP contribution in [0.2, 0.25) is 0 Å². The second kappa shape index (κ2) is 8.74. The number of piperidine rings is 1. The number of ether oxygens (including phenoxy) is 1. The maximum Gasteiger partial charge on any atom is 0.409 e. The Hall–Kier alpha value is -1.30. The fraction of sp³-hybridized carbons (Fsp3) is 0.846. The first kappa shape index (κ1) is 15.8. The minimum Gasteiger partial charge on any atom is -0.450 e. The van der Waals surface area contributed by atoms with Gasteiger partial charge in [0.15, 0.2) is 0 Å². The van der Waals surface area contributed by atoms with Gasteiger partial charge in [-0.1, -0.05) is 0 Å². The Bertz CT molecular complexity index is 286. The number of carbonyl (C=O) groups excluding carboxylic acids is 2. The Labute approximate surface area is 114 Å². The predicted octanol–water partition coefficient (Wildman–Crippen LogP) is 0.723. The van der Waals surface area contributed by atoms with E-state index in [4.69, 9.17) is 4.74 Å². The molecule has 0 saturated carbocycles. The lowest BCUT2D eigenvalue weighted by molar-refractivity contribution is -0.120. The number of carbonyl (C=O) groups is 2. The quantitative estimate of drug-likeness (QED) is 0.747. The van der Waals surface area contributed by atoms with Crippen molar-refractivity contribution in [2.24, 2.45) is 0 Å². The minimum absolute atomic E-state index is 0.0824. The van der Waals surface area contributed by atoms with E-state index in [1.807, 2.05) is 13.8 Å². The largest absolute Gasteiger partial charge is 0.450 e. The van der Waals surface area contributed by atoms with E-state index in [1.165, 1.54) is 0 Å². The van der Waals surface area contributed by atoms with Crippen molar-refractivity contribution < 1.29 is 14.3 Å². The molecule has 6 heteroatoms. The molecule has 1 rings (SSSR count). The van der Waals surface area contributed by atoms with Crippen LogP contribution in [0.15, 0.2) is 0 Å². The predicted molar refractivity (Wildman–Crippen MR) is 72.9 cm³/mol. The molecule has 0 spiro atoms. The highest BCUT2D eigenvalue weighted by Crippen LogP contribution is 2.11. The van der Waals surface area contributed by atoms with Crippen LogP contribution in [0.1, 0.15) is 33.1 Å². The van der Waals surface area contributed by atoms with Gasteiger partial charge in [-0.2, -0.15) is 0 Å². The smallest absolute Gasteiger partial charge is 0.409 e. The molecule has 0 aromatic heterocycles. The van der Waals surface area contributed by atoms with Crippen molar-refractivity contribution in [1.29, 1.82) is 0 Å². The van der Waals surface area contributed by atoms with Crippen molar-refractivity contribution in [1.82, 2.24) is 15.5 Å². The van der Waals surface area contributed by atoms with Gasteiger partial charge < -0.3 is 20.3 Å². The molecule has 0 aromatic rings. The normalized spacial score (nSPS) is 16.2. The summed E-state index contributed by atoms with van der Waals surface area (Å²) in [6.07, 6.45) is 2.11. The summed E-state index contributed by atoms with van der Waals surface area (Å²) in [6, 6.07) is 0.389. The van der Waals surface area contributed by atoms with Crippen molar-refractivity contribution in [2.75, 3.05) is 32.8 Å². The Morgan fingerprint density at radius 2 is 1.95 bits per heavy atom. The SMILES string of the molecule is CCNC(=O)CCNC1CCN(C(=O)OCC)CC1. The Kier molecular flexibility index (Phi) is 7.25. The minimum atomic E-state index is -0.219. The standard InChI is InChI=1S/C13H25N3O3/c1-3-14-12(17)5-8-15-11-6-9-16(10-7-11)13(18)19-4-2/h11,15H,3-10H2,1-2H3,(H,14,17). The van der Waals surface area contributed by atoms with Crippen LogP contribution in [-0.2, 0) is 9.53 Å². The van der Waals surface area contributed by atoms with Gasteiger partial charge in [0.1, 0.15) is 0 Å². The van der Waals surface area contributed by atoms with E-state index in [2.05, 4.69) is 10.6 Å². The van der Waals surface area contributed by atoms with E-state index in [-0.39, 0.29) is 12.0 Å². The molecule has 19 heavy (non-hydrogen) atoms. The molecule has 0 aliphatic carbocycles. The topological polar surface area (TPSA) is 70.7 Å². The summed E-state index contributed by atoms with van der Waals surface area (Å²) in [6.45, 7) is 6.95. The molecule has 110 valence electrons. The van der Waals surface area contributed by atoms with Gasteiger partial charge in [-0.3, -0.25) is 4.79 Å². The number of nitrogens with zero attached hydrogens (tertiary/aromatic N) is 1. The maximum absolute atomic E-state index is 11.5. The zero-order valence-corrected chi connectivity index (χ0v) is 11.9. The van der Waals surface area contributed by atoms with Crippen LogP contribution in [-0.4, -0.2) is 55.7 Å². The van der Waals surface area contributed by atoms with Crippen LogP contribution in [0.3, 0.4) is 0 Å². The summed E-state index contributed by atoms with van der Waals surface area (Å²) in [4.78, 5) is 24.5. The van der Waals surface area contributed by atoms with Crippen LogP contribution in [0.25, 0.3) is 0 Å². The molecule has 1 heterocycles. The lowest BCUT2D eigenvalue weighted by Crippen LogP contribution is -2.45. The number of rotatable bonds is 6. The number of likely N-dealkylation sites (tertiary alicyclic amines) is 1. The highest BCUT2D eigenvalue weighted by molar-refractivity contribution is 5.75. The third kappa shape index (κ3) is 5.92. The van der Waals surface area contributed by atoms with Crippen molar-refractivity contribution in [3.63, 3.8) is 0 Å². The van der Waals surface area contributed by atoms with Gasteiger partial charge in [0.25, 0.3) is 0 Å². The third-order valence-corrected chi connectivity index (χ3v) is 3.18. The Balaban J connectivity index is 2.13. The number of amides is 2. The van der Waals surface area contributed by atoms with Crippen LogP contribution >= 0.6 is 0 Å². The van der Waals surface area contributed by atoms with Gasteiger partial charge in [-0.15, -0.1) is 0 Å². The summed E-state index contributed by atoms with van der Waals surface area (Å²) in [5.41, 5.74) is 0. The third-order valence-electron chi connectivity index (χ3n) is 3.18. The molecule has 1 aliphatic heterocycles. The summed E-state index contributed by atoms with van der Waals surface area (Å²) >= 11 is 0. The van der Waals surface area contributed by atoms with Crippen molar-refractivity contribution in [3.05, 3.63) is 0 Å². The fourth-order valence-electron chi connectivity index (χ4n) is 2.16. The molecule has 0 aromatic carbocycles. The summed E-state index contributed by atoms with van der Waals surface area (Å²) in [7, 11) is 0. The molecule has 2 N–H and O–H groups in total. The van der Waals surface area contributed by atoms with Crippen molar-refractivity contribution in [2.45, 2.75) is 39.2 Å². The highest BCUT2D eigenvalue weighted by Gasteiger charge is 2.23. The molecular weight excluding hydrogens is 246 g/mol. The van der Waals surface area contributed by atoms with Gasteiger partial charge in [0.05, 0.1) is 6.61 Å². The van der Waals surface area contributed by atoms with Gasteiger partial charge in [-0.25, -0.2) is 4.79 Å². The molecule has 0 unspecified atom stereocenters. The lowest BCUT2D eigenvalue weighted by Gasteiger charge is -2.31. The van der Waals surface area contributed by atoms with Crippen LogP contribution in [0.4, 0.5) is 4.79 Å². The lowest BCUT2D eigenvalue weighted by atomic mass is 10.1.